The molecule has 4 N–H and O–H groups in total. The van der Waals surface area contributed by atoms with Crippen molar-refractivity contribution in [3.8, 4) is 0 Å². The van der Waals surface area contributed by atoms with Gasteiger partial charge in [-0.05, 0) is 12.8 Å². The van der Waals surface area contributed by atoms with Gasteiger partial charge in [-0.2, -0.15) is 0 Å². The number of nitrogens with zero attached hydrogens (tertiary/aromatic N) is 1. The van der Waals surface area contributed by atoms with E-state index in [1.165, 1.54) is 5.56 Å². The molecule has 1 heterocycles. The number of unbranched alkanes of at least 4 members (excludes halogenated alkanes) is 2. The normalized spacial score (nSPS) is 15.2. The van der Waals surface area contributed by atoms with E-state index in [1.807, 2.05) is 11.0 Å². The smallest absolute Gasteiger partial charge is 0.312 e. The van der Waals surface area contributed by atoms with Crippen molar-refractivity contribution >= 4 is 11.9 Å². The maximum absolute atomic E-state index is 12.2. The lowest BCUT2D eigenvalue weighted by atomic mass is 10.1. The number of rotatable bonds is 8. The number of amides is 3. The van der Waals surface area contributed by atoms with Crippen LogP contribution in [0.2, 0.25) is 0 Å². The fourth-order valence-corrected chi connectivity index (χ4v) is 3.08. The first-order valence-electron chi connectivity index (χ1n) is 8.83. The summed E-state index contributed by atoms with van der Waals surface area (Å²) in [6.07, 6.45) is 3.28. The van der Waals surface area contributed by atoms with Crippen LogP contribution in [0.25, 0.3) is 0 Å². The molecule has 6 nitrogen and oxygen atoms in total. The Kier molecular flexibility index (Phi) is 7.55. The highest BCUT2D eigenvalue weighted by atomic mass is 16.2. The Morgan fingerprint density at radius 1 is 1.08 bits per heavy atom. The molecule has 6 heteroatoms. The van der Waals surface area contributed by atoms with Crippen LogP contribution >= 0.6 is 0 Å². The van der Waals surface area contributed by atoms with Gasteiger partial charge in [-0.1, -0.05) is 36.8 Å². The molecule has 0 bridgehead atoms. The SMILES string of the molecule is NC(=O)NCCCCCC(=O)N1CC[NH+](Cc2ccccc2)CC1. The minimum atomic E-state index is -0.484. The molecule has 0 spiro atoms. The van der Waals surface area contributed by atoms with E-state index in [2.05, 4.69) is 29.6 Å². The standard InChI is InChI=1S/C18H28N4O2/c19-18(24)20-10-6-2-5-9-17(23)22-13-11-21(12-14-22)15-16-7-3-1-4-8-16/h1,3-4,7-8H,2,5-6,9-15H2,(H3,19,20,24)/p+1. The summed E-state index contributed by atoms with van der Waals surface area (Å²) in [7, 11) is 0. The minimum absolute atomic E-state index is 0.261. The molecule has 1 aliphatic heterocycles. The number of benzene rings is 1. The Morgan fingerprint density at radius 2 is 1.79 bits per heavy atom. The van der Waals surface area contributed by atoms with Crippen LogP contribution in [0, 0.1) is 0 Å². The molecule has 2 rings (SSSR count). The largest absolute Gasteiger partial charge is 0.352 e. The van der Waals surface area contributed by atoms with E-state index in [-0.39, 0.29) is 5.91 Å². The highest BCUT2D eigenvalue weighted by Crippen LogP contribution is 2.04. The van der Waals surface area contributed by atoms with Gasteiger partial charge in [-0.15, -0.1) is 0 Å². The van der Waals surface area contributed by atoms with Crippen LogP contribution in [-0.4, -0.2) is 49.6 Å². The summed E-state index contributed by atoms with van der Waals surface area (Å²) >= 11 is 0. The number of carbonyl (C=O) groups is 2. The zero-order chi connectivity index (χ0) is 17.2. The zero-order valence-corrected chi connectivity index (χ0v) is 14.3. The second-order valence-corrected chi connectivity index (χ2v) is 6.39. The van der Waals surface area contributed by atoms with Gasteiger partial charge in [0.15, 0.2) is 0 Å². The first-order valence-corrected chi connectivity index (χ1v) is 8.83. The summed E-state index contributed by atoms with van der Waals surface area (Å²) in [5.74, 6) is 0.261. The number of hydrogen-bond acceptors (Lipinski definition) is 2. The van der Waals surface area contributed by atoms with Crippen molar-refractivity contribution in [2.75, 3.05) is 32.7 Å². The topological polar surface area (TPSA) is 79.9 Å². The number of nitrogens with one attached hydrogen (secondary N) is 2. The van der Waals surface area contributed by atoms with Crippen molar-refractivity contribution in [2.24, 2.45) is 5.73 Å². The molecule has 1 saturated heterocycles. The first-order chi connectivity index (χ1) is 11.6. The Morgan fingerprint density at radius 3 is 2.46 bits per heavy atom. The second kappa shape index (κ2) is 9.93. The number of nitrogens with two attached hydrogens (primary N) is 1. The molecule has 0 aromatic heterocycles. The number of carbonyl (C=O) groups excluding carboxylic acids is 2. The van der Waals surface area contributed by atoms with Crippen LogP contribution in [0.4, 0.5) is 4.79 Å². The van der Waals surface area contributed by atoms with Gasteiger partial charge >= 0.3 is 6.03 Å². The van der Waals surface area contributed by atoms with E-state index < -0.39 is 6.03 Å². The minimum Gasteiger partial charge on any atom is -0.352 e. The van der Waals surface area contributed by atoms with Gasteiger partial charge in [0.1, 0.15) is 6.54 Å². The van der Waals surface area contributed by atoms with Gasteiger partial charge < -0.3 is 20.9 Å². The zero-order valence-electron chi connectivity index (χ0n) is 14.3. The van der Waals surface area contributed by atoms with E-state index in [9.17, 15) is 9.59 Å². The van der Waals surface area contributed by atoms with Crippen LogP contribution in [0.1, 0.15) is 31.2 Å². The van der Waals surface area contributed by atoms with E-state index in [1.54, 1.807) is 4.90 Å². The van der Waals surface area contributed by atoms with E-state index in [4.69, 9.17) is 5.73 Å². The van der Waals surface area contributed by atoms with Gasteiger partial charge in [-0.3, -0.25) is 4.79 Å². The highest BCUT2D eigenvalue weighted by molar-refractivity contribution is 5.76. The molecule has 0 aliphatic carbocycles. The lowest BCUT2D eigenvalue weighted by Gasteiger charge is -2.32. The Bertz CT molecular complexity index is 513. The van der Waals surface area contributed by atoms with Crippen LogP contribution in [0.3, 0.4) is 0 Å². The van der Waals surface area contributed by atoms with Crippen molar-refractivity contribution in [1.29, 1.82) is 0 Å². The Hall–Kier alpha value is -2.08. The quantitative estimate of drug-likeness (QED) is 0.592. The molecule has 0 unspecified atom stereocenters. The molecular formula is C18H29N4O2+. The molecule has 1 aromatic carbocycles. The van der Waals surface area contributed by atoms with Gasteiger partial charge in [0.25, 0.3) is 0 Å². The molecule has 1 fully saturated rings. The van der Waals surface area contributed by atoms with Crippen molar-refractivity contribution < 1.29 is 14.5 Å². The van der Waals surface area contributed by atoms with Crippen LogP contribution in [0.15, 0.2) is 30.3 Å². The fraction of sp³-hybridized carbons (Fsp3) is 0.556. The molecule has 24 heavy (non-hydrogen) atoms. The van der Waals surface area contributed by atoms with Crippen LogP contribution < -0.4 is 16.0 Å². The van der Waals surface area contributed by atoms with Crippen LogP contribution in [0.5, 0.6) is 0 Å². The monoisotopic (exact) mass is 333 g/mol. The third-order valence-electron chi connectivity index (χ3n) is 4.49. The Balaban J connectivity index is 1.58. The molecule has 132 valence electrons. The molecule has 1 aromatic rings. The average molecular weight is 333 g/mol. The molecule has 0 saturated carbocycles. The average Bonchev–Trinajstić information content (AvgIpc) is 2.59. The van der Waals surface area contributed by atoms with Gasteiger partial charge in [0.2, 0.25) is 5.91 Å². The maximum Gasteiger partial charge on any atom is 0.312 e. The summed E-state index contributed by atoms with van der Waals surface area (Å²) in [5, 5.41) is 2.56. The van der Waals surface area contributed by atoms with Crippen LogP contribution in [-0.2, 0) is 11.3 Å². The third-order valence-corrected chi connectivity index (χ3v) is 4.49. The van der Waals surface area contributed by atoms with E-state index in [0.29, 0.717) is 13.0 Å². The summed E-state index contributed by atoms with van der Waals surface area (Å²) in [6.45, 7) is 5.36. The van der Waals surface area contributed by atoms with Gasteiger partial charge in [0.05, 0.1) is 26.2 Å². The molecular weight excluding hydrogens is 304 g/mol. The van der Waals surface area contributed by atoms with Crippen molar-refractivity contribution in [3.63, 3.8) is 0 Å². The van der Waals surface area contributed by atoms with E-state index in [0.717, 1.165) is 52.0 Å². The van der Waals surface area contributed by atoms with Crippen molar-refractivity contribution in [2.45, 2.75) is 32.2 Å². The highest BCUT2D eigenvalue weighted by Gasteiger charge is 2.23. The van der Waals surface area contributed by atoms with E-state index >= 15 is 0 Å². The Labute approximate surface area is 144 Å². The number of piperazine rings is 1. The summed E-state index contributed by atoms with van der Waals surface area (Å²) < 4.78 is 0. The lowest BCUT2D eigenvalue weighted by molar-refractivity contribution is -0.917. The number of quaternary nitrogens is 1. The predicted octanol–water partition coefficient (Wildman–Crippen LogP) is 0.142. The number of hydrogen-bond donors (Lipinski definition) is 3. The van der Waals surface area contributed by atoms with Crippen molar-refractivity contribution in [1.82, 2.24) is 10.2 Å². The molecule has 3 amide bonds. The number of urea groups is 1. The fourth-order valence-electron chi connectivity index (χ4n) is 3.08. The summed E-state index contributed by atoms with van der Waals surface area (Å²) in [5.41, 5.74) is 6.36. The van der Waals surface area contributed by atoms with Gasteiger partial charge in [0, 0.05) is 18.5 Å². The molecule has 0 radical (unpaired) electrons. The summed E-state index contributed by atoms with van der Waals surface area (Å²) in [6, 6.07) is 10.0. The molecule has 1 aliphatic rings. The number of primary amides is 1. The first kappa shape index (κ1) is 18.3. The van der Waals surface area contributed by atoms with Crippen molar-refractivity contribution in [3.05, 3.63) is 35.9 Å². The lowest BCUT2D eigenvalue weighted by Crippen LogP contribution is -3.13. The maximum atomic E-state index is 12.2. The predicted molar refractivity (Wildman–Crippen MR) is 93.5 cm³/mol. The third kappa shape index (κ3) is 6.58. The van der Waals surface area contributed by atoms with Gasteiger partial charge in [-0.25, -0.2) is 4.79 Å². The summed E-state index contributed by atoms with van der Waals surface area (Å²) in [4.78, 5) is 26.3. The molecule has 0 atom stereocenters. The second-order valence-electron chi connectivity index (χ2n) is 6.39.